The minimum atomic E-state index is -1.19. The van der Waals surface area contributed by atoms with Gasteiger partial charge in [0.25, 0.3) is 0 Å². The molecule has 2 heteroatoms. The average Bonchev–Trinajstić information content (AvgIpc) is 2.01. The molecule has 0 amide bonds. The highest BCUT2D eigenvalue weighted by Crippen LogP contribution is 2.13. The first-order chi connectivity index (χ1) is 5.93. The topological polar surface area (TPSA) is 9.23 Å². The molecule has 1 rings (SSSR count). The summed E-state index contributed by atoms with van der Waals surface area (Å²) in [6, 6.07) is 6.51. The van der Waals surface area contributed by atoms with Crippen molar-refractivity contribution in [3.63, 3.8) is 0 Å². The zero-order valence-corrected chi connectivity index (χ0v) is 10.1. The van der Waals surface area contributed by atoms with Crippen molar-refractivity contribution in [2.45, 2.75) is 26.6 Å². The summed E-state index contributed by atoms with van der Waals surface area (Å²) in [4.78, 5) is 0. The van der Waals surface area contributed by atoms with Crippen LogP contribution in [0.5, 0.6) is 5.75 Å². The van der Waals surface area contributed by atoms with Crippen molar-refractivity contribution < 1.29 is 4.74 Å². The Kier molecular flexibility index (Phi) is 2.81. The third-order valence-electron chi connectivity index (χ3n) is 2.15. The number of hydrogen-bond acceptors (Lipinski definition) is 1. The van der Waals surface area contributed by atoms with Crippen molar-refractivity contribution in [3.05, 3.63) is 23.8 Å². The van der Waals surface area contributed by atoms with Gasteiger partial charge in [0, 0.05) is 0 Å². The van der Waals surface area contributed by atoms with Crippen LogP contribution in [-0.2, 0) is 0 Å². The summed E-state index contributed by atoms with van der Waals surface area (Å²) in [5.74, 6) is 0.984. The summed E-state index contributed by atoms with van der Waals surface area (Å²) in [6.45, 7) is 9.16. The minimum absolute atomic E-state index is 0.984. The fourth-order valence-electron chi connectivity index (χ4n) is 1.30. The number of methoxy groups -OCH3 is 1. The zero-order valence-electron chi connectivity index (χ0n) is 9.14. The normalized spacial score (nSPS) is 11.5. The van der Waals surface area contributed by atoms with Crippen LogP contribution in [0.3, 0.4) is 0 Å². The second-order valence-electron chi connectivity index (χ2n) is 4.49. The van der Waals surface area contributed by atoms with Gasteiger partial charge in [-0.1, -0.05) is 30.9 Å². The van der Waals surface area contributed by atoms with Gasteiger partial charge in [-0.25, -0.2) is 0 Å². The Morgan fingerprint density at radius 3 is 2.15 bits per heavy atom. The molecule has 0 bridgehead atoms. The molecule has 0 unspecified atom stereocenters. The summed E-state index contributed by atoms with van der Waals surface area (Å²) >= 11 is 0. The molecule has 1 nitrogen and oxygen atoms in total. The standard InChI is InChI=1S/C11H18OSi/c1-9-6-10(12-2)8-11(7-9)13(3,4)5/h6-8H,1-5H3. The minimum Gasteiger partial charge on any atom is -0.497 e. The van der Waals surface area contributed by atoms with Gasteiger partial charge in [-0.2, -0.15) is 0 Å². The predicted octanol–water partition coefficient (Wildman–Crippen LogP) is 2.55. The average molecular weight is 194 g/mol. The molecule has 0 atom stereocenters. The highest BCUT2D eigenvalue weighted by Gasteiger charge is 2.17. The van der Waals surface area contributed by atoms with Gasteiger partial charge in [0.2, 0.25) is 0 Å². The molecule has 0 saturated heterocycles. The van der Waals surface area contributed by atoms with Crippen LogP contribution in [0.4, 0.5) is 0 Å². The van der Waals surface area contributed by atoms with Crippen LogP contribution in [0.25, 0.3) is 0 Å². The third kappa shape index (κ3) is 2.59. The second-order valence-corrected chi connectivity index (χ2v) is 9.57. The molecule has 13 heavy (non-hydrogen) atoms. The van der Waals surface area contributed by atoms with E-state index in [1.807, 2.05) is 0 Å². The number of benzene rings is 1. The Hall–Kier alpha value is -0.763. The first-order valence-electron chi connectivity index (χ1n) is 4.59. The fourth-order valence-corrected chi connectivity index (χ4v) is 2.53. The highest BCUT2D eigenvalue weighted by atomic mass is 28.3. The molecule has 1 aromatic rings. The van der Waals surface area contributed by atoms with Crippen LogP contribution in [0.15, 0.2) is 18.2 Å². The number of rotatable bonds is 2. The zero-order chi connectivity index (χ0) is 10.1. The van der Waals surface area contributed by atoms with Crippen LogP contribution in [0.1, 0.15) is 5.56 Å². The van der Waals surface area contributed by atoms with Gasteiger partial charge in [0.05, 0.1) is 15.2 Å². The van der Waals surface area contributed by atoms with Crippen molar-refractivity contribution in [3.8, 4) is 5.75 Å². The molecule has 72 valence electrons. The quantitative estimate of drug-likeness (QED) is 0.657. The van der Waals surface area contributed by atoms with E-state index in [0.29, 0.717) is 0 Å². The first-order valence-corrected chi connectivity index (χ1v) is 8.09. The number of ether oxygens (including phenoxy) is 1. The Morgan fingerprint density at radius 2 is 1.69 bits per heavy atom. The maximum absolute atomic E-state index is 5.25. The van der Waals surface area contributed by atoms with Crippen LogP contribution in [0.2, 0.25) is 19.6 Å². The monoisotopic (exact) mass is 194 g/mol. The molecule has 0 spiro atoms. The van der Waals surface area contributed by atoms with Crippen LogP contribution in [0, 0.1) is 6.92 Å². The van der Waals surface area contributed by atoms with Gasteiger partial charge in [0.1, 0.15) is 5.75 Å². The van der Waals surface area contributed by atoms with E-state index in [9.17, 15) is 0 Å². The van der Waals surface area contributed by atoms with Crippen LogP contribution >= 0.6 is 0 Å². The van der Waals surface area contributed by atoms with Crippen LogP contribution < -0.4 is 9.92 Å². The Labute approximate surface area is 81.8 Å². The lowest BCUT2D eigenvalue weighted by molar-refractivity contribution is 0.415. The summed E-state index contributed by atoms with van der Waals surface area (Å²) in [5, 5.41) is 1.46. The second kappa shape index (κ2) is 3.54. The Morgan fingerprint density at radius 1 is 1.08 bits per heavy atom. The summed E-state index contributed by atoms with van der Waals surface area (Å²) < 4.78 is 5.25. The van der Waals surface area contributed by atoms with Crippen molar-refractivity contribution in [2.75, 3.05) is 7.11 Å². The molecule has 0 aromatic heterocycles. The van der Waals surface area contributed by atoms with E-state index in [2.05, 4.69) is 44.8 Å². The molecule has 0 aliphatic rings. The molecule has 0 aliphatic carbocycles. The fraction of sp³-hybridized carbons (Fsp3) is 0.455. The Bertz CT molecular complexity index is 299. The molecule has 1 aromatic carbocycles. The van der Waals surface area contributed by atoms with Gasteiger partial charge < -0.3 is 4.74 Å². The van der Waals surface area contributed by atoms with Gasteiger partial charge >= 0.3 is 0 Å². The molecule has 0 saturated carbocycles. The lowest BCUT2D eigenvalue weighted by atomic mass is 10.2. The maximum Gasteiger partial charge on any atom is 0.119 e. The SMILES string of the molecule is COc1cc(C)cc([Si](C)(C)C)c1. The lowest BCUT2D eigenvalue weighted by Gasteiger charge is -2.18. The van der Waals surface area contributed by atoms with E-state index in [1.54, 1.807) is 7.11 Å². The predicted molar refractivity (Wildman–Crippen MR) is 60.7 cm³/mol. The van der Waals surface area contributed by atoms with E-state index in [1.165, 1.54) is 10.8 Å². The van der Waals surface area contributed by atoms with E-state index in [-0.39, 0.29) is 0 Å². The van der Waals surface area contributed by atoms with Crippen molar-refractivity contribution in [2.24, 2.45) is 0 Å². The van der Waals surface area contributed by atoms with Crippen molar-refractivity contribution >= 4 is 13.3 Å². The van der Waals surface area contributed by atoms with Gasteiger partial charge in [-0.15, -0.1) is 0 Å². The summed E-state index contributed by atoms with van der Waals surface area (Å²) in [6.07, 6.45) is 0. The van der Waals surface area contributed by atoms with E-state index >= 15 is 0 Å². The summed E-state index contributed by atoms with van der Waals surface area (Å²) in [7, 11) is 0.533. The molecule has 0 N–H and O–H groups in total. The highest BCUT2D eigenvalue weighted by molar-refractivity contribution is 6.88. The van der Waals surface area contributed by atoms with Crippen molar-refractivity contribution in [1.29, 1.82) is 0 Å². The number of hydrogen-bond donors (Lipinski definition) is 0. The molecule has 0 heterocycles. The molecular weight excluding hydrogens is 176 g/mol. The molecular formula is C11H18OSi. The van der Waals surface area contributed by atoms with Gasteiger partial charge in [0.15, 0.2) is 0 Å². The van der Waals surface area contributed by atoms with Crippen LogP contribution in [-0.4, -0.2) is 15.2 Å². The molecule has 0 radical (unpaired) electrons. The maximum atomic E-state index is 5.25. The summed E-state index contributed by atoms with van der Waals surface area (Å²) in [5.41, 5.74) is 1.29. The third-order valence-corrected chi connectivity index (χ3v) is 4.17. The molecule has 0 fully saturated rings. The van der Waals surface area contributed by atoms with E-state index in [0.717, 1.165) is 5.75 Å². The molecule has 0 aliphatic heterocycles. The van der Waals surface area contributed by atoms with E-state index < -0.39 is 8.07 Å². The van der Waals surface area contributed by atoms with E-state index in [4.69, 9.17) is 4.74 Å². The largest absolute Gasteiger partial charge is 0.497 e. The lowest BCUT2D eigenvalue weighted by Crippen LogP contribution is -2.37. The smallest absolute Gasteiger partial charge is 0.119 e. The van der Waals surface area contributed by atoms with Gasteiger partial charge in [-0.3, -0.25) is 0 Å². The van der Waals surface area contributed by atoms with Crippen molar-refractivity contribution in [1.82, 2.24) is 0 Å². The first kappa shape index (κ1) is 10.3. The number of aryl methyl sites for hydroxylation is 1. The Balaban J connectivity index is 3.16. The van der Waals surface area contributed by atoms with Gasteiger partial charge in [-0.05, 0) is 24.6 Å².